The summed E-state index contributed by atoms with van der Waals surface area (Å²) < 4.78 is 12.9. The van der Waals surface area contributed by atoms with Gasteiger partial charge in [-0.1, -0.05) is 103 Å². The molecule has 0 bridgehead atoms. The summed E-state index contributed by atoms with van der Waals surface area (Å²) in [6.45, 7) is 0. The first kappa shape index (κ1) is 23.1. The van der Waals surface area contributed by atoms with Gasteiger partial charge in [0, 0.05) is 32.7 Å². The number of rotatable bonds is 3. The van der Waals surface area contributed by atoms with Crippen LogP contribution in [0.4, 0.5) is 0 Å². The number of pyridine rings is 1. The Hall–Kier alpha value is -5.67. The SMILES string of the molecule is c1ccc(-c2cc(-c3cc4oc5ccc6oc7ccccc7c6c5c4c4ccccc34)cc(-c3ccccc3)n2)cc1. The average Bonchev–Trinajstić information content (AvgIpc) is 3.63. The van der Waals surface area contributed by atoms with Crippen molar-refractivity contribution in [2.75, 3.05) is 0 Å². The monoisotopic (exact) mass is 537 g/mol. The van der Waals surface area contributed by atoms with E-state index in [2.05, 4.69) is 103 Å². The van der Waals surface area contributed by atoms with E-state index in [1.807, 2.05) is 36.4 Å². The minimum absolute atomic E-state index is 0.857. The number of furan rings is 2. The molecular weight excluding hydrogens is 514 g/mol. The fourth-order valence-electron chi connectivity index (χ4n) is 6.38. The molecule has 9 aromatic rings. The molecule has 3 nitrogen and oxygen atoms in total. The summed E-state index contributed by atoms with van der Waals surface area (Å²) in [4.78, 5) is 5.10. The van der Waals surface area contributed by atoms with E-state index in [1.165, 1.54) is 5.39 Å². The Morgan fingerprint density at radius 3 is 1.57 bits per heavy atom. The Morgan fingerprint density at radius 1 is 0.357 bits per heavy atom. The highest BCUT2D eigenvalue weighted by Gasteiger charge is 2.20. The molecule has 0 saturated heterocycles. The second kappa shape index (κ2) is 8.92. The molecule has 0 unspecified atom stereocenters. The van der Waals surface area contributed by atoms with Crippen molar-refractivity contribution in [3.8, 4) is 33.6 Å². The van der Waals surface area contributed by atoms with Crippen LogP contribution < -0.4 is 0 Å². The minimum Gasteiger partial charge on any atom is -0.456 e. The van der Waals surface area contributed by atoms with E-state index in [9.17, 15) is 0 Å². The molecule has 0 N–H and O–H groups in total. The van der Waals surface area contributed by atoms with Crippen molar-refractivity contribution in [2.24, 2.45) is 0 Å². The Labute approximate surface area is 241 Å². The Kier molecular flexibility index (Phi) is 4.90. The van der Waals surface area contributed by atoms with Gasteiger partial charge in [-0.15, -0.1) is 0 Å². The van der Waals surface area contributed by atoms with Gasteiger partial charge < -0.3 is 8.83 Å². The Balaban J connectivity index is 1.38. The highest BCUT2D eigenvalue weighted by molar-refractivity contribution is 6.31. The van der Waals surface area contributed by atoms with Gasteiger partial charge in [-0.05, 0) is 58.3 Å². The third kappa shape index (κ3) is 3.44. The molecule has 0 fully saturated rings. The van der Waals surface area contributed by atoms with Crippen molar-refractivity contribution in [3.05, 3.63) is 140 Å². The van der Waals surface area contributed by atoms with E-state index in [1.54, 1.807) is 0 Å². The van der Waals surface area contributed by atoms with Crippen molar-refractivity contribution in [1.82, 2.24) is 4.98 Å². The average molecular weight is 538 g/mol. The normalized spacial score (nSPS) is 11.8. The van der Waals surface area contributed by atoms with Gasteiger partial charge in [-0.2, -0.15) is 0 Å². The zero-order chi connectivity index (χ0) is 27.6. The number of fused-ring (bicyclic) bond motifs is 9. The van der Waals surface area contributed by atoms with Crippen LogP contribution in [0.15, 0.2) is 148 Å². The van der Waals surface area contributed by atoms with E-state index in [0.29, 0.717) is 0 Å². The molecule has 0 spiro atoms. The van der Waals surface area contributed by atoms with E-state index in [0.717, 1.165) is 82.9 Å². The lowest BCUT2D eigenvalue weighted by Gasteiger charge is -2.13. The van der Waals surface area contributed by atoms with Gasteiger partial charge in [0.2, 0.25) is 0 Å². The zero-order valence-electron chi connectivity index (χ0n) is 22.5. The van der Waals surface area contributed by atoms with Crippen LogP contribution in [0.2, 0.25) is 0 Å². The summed E-state index contributed by atoms with van der Waals surface area (Å²) >= 11 is 0. The molecule has 0 aliphatic heterocycles. The predicted molar refractivity (Wildman–Crippen MR) is 173 cm³/mol. The lowest BCUT2D eigenvalue weighted by atomic mass is 9.92. The molecule has 0 aliphatic rings. The second-order valence-corrected chi connectivity index (χ2v) is 10.7. The first-order chi connectivity index (χ1) is 20.8. The highest BCUT2D eigenvalue weighted by Crippen LogP contribution is 2.45. The number of hydrogen-bond acceptors (Lipinski definition) is 3. The van der Waals surface area contributed by atoms with Crippen LogP contribution in [0.5, 0.6) is 0 Å². The van der Waals surface area contributed by atoms with Crippen molar-refractivity contribution in [1.29, 1.82) is 0 Å². The lowest BCUT2D eigenvalue weighted by molar-refractivity contribution is 0.663. The fourth-order valence-corrected chi connectivity index (χ4v) is 6.38. The summed E-state index contributed by atoms with van der Waals surface area (Å²) in [5.74, 6) is 0. The van der Waals surface area contributed by atoms with Crippen LogP contribution >= 0.6 is 0 Å². The molecule has 0 amide bonds. The number of hydrogen-bond donors (Lipinski definition) is 0. The molecule has 3 heteroatoms. The lowest BCUT2D eigenvalue weighted by Crippen LogP contribution is -1.92. The quantitative estimate of drug-likeness (QED) is 0.225. The first-order valence-electron chi connectivity index (χ1n) is 14.1. The molecular formula is C39H23NO2. The summed E-state index contributed by atoms with van der Waals surface area (Å²) in [5.41, 5.74) is 9.72. The Morgan fingerprint density at radius 2 is 0.881 bits per heavy atom. The van der Waals surface area contributed by atoms with Crippen molar-refractivity contribution >= 4 is 54.6 Å². The molecule has 0 aliphatic carbocycles. The van der Waals surface area contributed by atoms with Crippen molar-refractivity contribution in [3.63, 3.8) is 0 Å². The molecule has 6 aromatic carbocycles. The van der Waals surface area contributed by atoms with Gasteiger partial charge in [-0.25, -0.2) is 4.98 Å². The van der Waals surface area contributed by atoms with Gasteiger partial charge in [0.25, 0.3) is 0 Å². The van der Waals surface area contributed by atoms with Crippen LogP contribution in [0.25, 0.3) is 88.3 Å². The summed E-state index contributed by atoms with van der Waals surface area (Å²) in [7, 11) is 0. The van der Waals surface area contributed by atoms with Gasteiger partial charge in [-0.3, -0.25) is 0 Å². The van der Waals surface area contributed by atoms with Crippen molar-refractivity contribution < 1.29 is 8.83 Å². The first-order valence-corrected chi connectivity index (χ1v) is 14.1. The third-order valence-electron chi connectivity index (χ3n) is 8.26. The number of aromatic nitrogens is 1. The second-order valence-electron chi connectivity index (χ2n) is 10.7. The maximum absolute atomic E-state index is 6.62. The zero-order valence-corrected chi connectivity index (χ0v) is 22.5. The van der Waals surface area contributed by atoms with Crippen LogP contribution in [-0.4, -0.2) is 4.98 Å². The standard InChI is InChI=1S/C39H23NO2/c1-3-11-24(12-4-1)31-21-26(22-32(40-31)25-13-5-2-6-14-25)30-23-36-37(28-16-8-7-15-27(28)30)39-35(42-36)20-19-34-38(39)29-17-9-10-18-33(29)41-34/h1-23H. The molecule has 3 heterocycles. The third-order valence-corrected chi connectivity index (χ3v) is 8.26. The van der Waals surface area contributed by atoms with Crippen LogP contribution in [0.1, 0.15) is 0 Å². The molecule has 42 heavy (non-hydrogen) atoms. The predicted octanol–water partition coefficient (Wildman–Crippen LogP) is 11.0. The van der Waals surface area contributed by atoms with Crippen molar-refractivity contribution in [2.45, 2.75) is 0 Å². The van der Waals surface area contributed by atoms with E-state index < -0.39 is 0 Å². The number of benzene rings is 6. The van der Waals surface area contributed by atoms with Crippen LogP contribution in [0.3, 0.4) is 0 Å². The highest BCUT2D eigenvalue weighted by atomic mass is 16.3. The molecule has 0 saturated carbocycles. The largest absolute Gasteiger partial charge is 0.456 e. The maximum atomic E-state index is 6.62. The van der Waals surface area contributed by atoms with E-state index >= 15 is 0 Å². The van der Waals surface area contributed by atoms with Crippen LogP contribution in [0, 0.1) is 0 Å². The number of nitrogens with zero attached hydrogens (tertiary/aromatic N) is 1. The van der Waals surface area contributed by atoms with Gasteiger partial charge in [0.15, 0.2) is 0 Å². The van der Waals surface area contributed by atoms with Gasteiger partial charge in [0.05, 0.1) is 11.4 Å². The van der Waals surface area contributed by atoms with E-state index in [-0.39, 0.29) is 0 Å². The van der Waals surface area contributed by atoms with Crippen LogP contribution in [-0.2, 0) is 0 Å². The van der Waals surface area contributed by atoms with Gasteiger partial charge in [0.1, 0.15) is 22.3 Å². The topological polar surface area (TPSA) is 39.2 Å². The summed E-state index contributed by atoms with van der Waals surface area (Å²) in [6, 6.07) is 48.3. The summed E-state index contributed by atoms with van der Waals surface area (Å²) in [5, 5.41) is 6.73. The maximum Gasteiger partial charge on any atom is 0.136 e. The molecule has 0 atom stereocenters. The van der Waals surface area contributed by atoms with E-state index in [4.69, 9.17) is 13.8 Å². The van der Waals surface area contributed by atoms with Gasteiger partial charge >= 0.3 is 0 Å². The smallest absolute Gasteiger partial charge is 0.136 e. The molecule has 196 valence electrons. The number of para-hydroxylation sites is 1. The molecule has 3 aromatic heterocycles. The minimum atomic E-state index is 0.857. The molecule has 0 radical (unpaired) electrons. The summed E-state index contributed by atoms with van der Waals surface area (Å²) in [6.07, 6.45) is 0. The fraction of sp³-hybridized carbons (Fsp3) is 0. The molecule has 9 rings (SSSR count). The Bertz CT molecular complexity index is 2390.